The zero-order valence-electron chi connectivity index (χ0n) is 10.8. The van der Waals surface area contributed by atoms with Gasteiger partial charge in [-0.2, -0.15) is 0 Å². The van der Waals surface area contributed by atoms with Crippen LogP contribution in [0.25, 0.3) is 0 Å². The van der Waals surface area contributed by atoms with Gasteiger partial charge in [-0.25, -0.2) is 0 Å². The van der Waals surface area contributed by atoms with E-state index in [4.69, 9.17) is 0 Å². The number of carbonyl (C=O) groups is 1. The Bertz CT molecular complexity index is 349. The lowest BCUT2D eigenvalue weighted by Crippen LogP contribution is -2.52. The fourth-order valence-electron chi connectivity index (χ4n) is 1.61. The fraction of sp³-hybridized carbons (Fsp3) is 0.538. The predicted octanol–water partition coefficient (Wildman–Crippen LogP) is 1.13. The van der Waals surface area contributed by atoms with Crippen LogP contribution in [0.4, 0.5) is 0 Å². The molecule has 94 valence electrons. The van der Waals surface area contributed by atoms with Gasteiger partial charge in [0.15, 0.2) is 0 Å². The molecule has 1 aromatic rings. The first-order chi connectivity index (χ1) is 8.06. The summed E-state index contributed by atoms with van der Waals surface area (Å²) >= 11 is 0. The van der Waals surface area contributed by atoms with Gasteiger partial charge in [-0.15, -0.1) is 0 Å². The SMILES string of the molecule is CCNC(C)(C)C(=O)NCCc1cccnc1. The summed E-state index contributed by atoms with van der Waals surface area (Å²) in [5.41, 5.74) is 0.623. The van der Waals surface area contributed by atoms with E-state index >= 15 is 0 Å². The van der Waals surface area contributed by atoms with E-state index in [2.05, 4.69) is 15.6 Å². The Hall–Kier alpha value is -1.42. The van der Waals surface area contributed by atoms with Crippen LogP contribution in [0.2, 0.25) is 0 Å². The molecule has 0 aromatic carbocycles. The number of carbonyl (C=O) groups excluding carboxylic acids is 1. The molecule has 0 aliphatic heterocycles. The molecule has 0 spiro atoms. The van der Waals surface area contributed by atoms with Gasteiger partial charge in [0.05, 0.1) is 5.54 Å². The van der Waals surface area contributed by atoms with Crippen molar-refractivity contribution < 1.29 is 4.79 Å². The molecule has 0 atom stereocenters. The monoisotopic (exact) mass is 235 g/mol. The largest absolute Gasteiger partial charge is 0.354 e. The number of aromatic nitrogens is 1. The van der Waals surface area contributed by atoms with Crippen molar-refractivity contribution >= 4 is 5.91 Å². The first kappa shape index (κ1) is 13.6. The van der Waals surface area contributed by atoms with Crippen LogP contribution < -0.4 is 10.6 Å². The van der Waals surface area contributed by atoms with Crippen LogP contribution in [-0.4, -0.2) is 29.5 Å². The minimum Gasteiger partial charge on any atom is -0.354 e. The molecule has 0 unspecified atom stereocenters. The molecule has 0 aliphatic carbocycles. The second-order valence-electron chi connectivity index (χ2n) is 4.52. The van der Waals surface area contributed by atoms with Crippen LogP contribution in [0.5, 0.6) is 0 Å². The molecule has 0 radical (unpaired) electrons. The van der Waals surface area contributed by atoms with E-state index in [9.17, 15) is 4.79 Å². The molecule has 0 saturated heterocycles. The number of pyridine rings is 1. The second-order valence-corrected chi connectivity index (χ2v) is 4.52. The third-order valence-corrected chi connectivity index (χ3v) is 2.61. The van der Waals surface area contributed by atoms with E-state index in [0.717, 1.165) is 18.5 Å². The number of nitrogens with zero attached hydrogens (tertiary/aromatic N) is 1. The Kier molecular flexibility index (Phi) is 5.10. The number of hydrogen-bond acceptors (Lipinski definition) is 3. The van der Waals surface area contributed by atoms with Crippen molar-refractivity contribution in [3.05, 3.63) is 30.1 Å². The molecule has 0 saturated carbocycles. The molecule has 17 heavy (non-hydrogen) atoms. The highest BCUT2D eigenvalue weighted by Crippen LogP contribution is 2.02. The summed E-state index contributed by atoms with van der Waals surface area (Å²) in [6, 6.07) is 3.91. The highest BCUT2D eigenvalue weighted by atomic mass is 16.2. The molecule has 1 aromatic heterocycles. The summed E-state index contributed by atoms with van der Waals surface area (Å²) in [6.07, 6.45) is 4.37. The normalized spacial score (nSPS) is 11.2. The predicted molar refractivity (Wildman–Crippen MR) is 68.7 cm³/mol. The van der Waals surface area contributed by atoms with Gasteiger partial charge in [-0.05, 0) is 38.4 Å². The number of nitrogens with one attached hydrogen (secondary N) is 2. The molecule has 4 nitrogen and oxygen atoms in total. The summed E-state index contributed by atoms with van der Waals surface area (Å²) in [4.78, 5) is 15.9. The number of hydrogen-bond donors (Lipinski definition) is 2. The van der Waals surface area contributed by atoms with Crippen molar-refractivity contribution in [2.24, 2.45) is 0 Å². The minimum atomic E-state index is -0.510. The third kappa shape index (κ3) is 4.53. The van der Waals surface area contributed by atoms with Gasteiger partial charge < -0.3 is 10.6 Å². The first-order valence-corrected chi connectivity index (χ1v) is 5.98. The van der Waals surface area contributed by atoms with Crippen molar-refractivity contribution in [1.82, 2.24) is 15.6 Å². The van der Waals surface area contributed by atoms with Crippen molar-refractivity contribution in [1.29, 1.82) is 0 Å². The highest BCUT2D eigenvalue weighted by molar-refractivity contribution is 5.85. The quantitative estimate of drug-likeness (QED) is 0.777. The van der Waals surface area contributed by atoms with Gasteiger partial charge in [0, 0.05) is 18.9 Å². The topological polar surface area (TPSA) is 54.0 Å². The van der Waals surface area contributed by atoms with Crippen molar-refractivity contribution in [2.75, 3.05) is 13.1 Å². The lowest BCUT2D eigenvalue weighted by atomic mass is 10.0. The average molecular weight is 235 g/mol. The molecular weight excluding hydrogens is 214 g/mol. The molecular formula is C13H21N3O. The van der Waals surface area contributed by atoms with Crippen LogP contribution in [0.15, 0.2) is 24.5 Å². The zero-order valence-corrected chi connectivity index (χ0v) is 10.8. The summed E-state index contributed by atoms with van der Waals surface area (Å²) in [7, 11) is 0. The smallest absolute Gasteiger partial charge is 0.239 e. The molecule has 4 heteroatoms. The van der Waals surface area contributed by atoms with Crippen LogP contribution in [0.1, 0.15) is 26.3 Å². The van der Waals surface area contributed by atoms with Crippen molar-refractivity contribution in [3.63, 3.8) is 0 Å². The lowest BCUT2D eigenvalue weighted by Gasteiger charge is -2.24. The Morgan fingerprint density at radius 3 is 2.82 bits per heavy atom. The lowest BCUT2D eigenvalue weighted by molar-refractivity contribution is -0.126. The molecule has 0 aliphatic rings. The van der Waals surface area contributed by atoms with Crippen LogP contribution in [-0.2, 0) is 11.2 Å². The number of likely N-dealkylation sites (N-methyl/N-ethyl adjacent to an activating group) is 1. The van der Waals surface area contributed by atoms with E-state index in [1.54, 1.807) is 6.20 Å². The maximum Gasteiger partial charge on any atom is 0.239 e. The van der Waals surface area contributed by atoms with Crippen molar-refractivity contribution in [2.45, 2.75) is 32.7 Å². The van der Waals surface area contributed by atoms with Gasteiger partial charge in [0.1, 0.15) is 0 Å². The number of rotatable bonds is 6. The third-order valence-electron chi connectivity index (χ3n) is 2.61. The Balaban J connectivity index is 2.34. The first-order valence-electron chi connectivity index (χ1n) is 5.98. The Morgan fingerprint density at radius 1 is 1.47 bits per heavy atom. The maximum absolute atomic E-state index is 11.9. The Morgan fingerprint density at radius 2 is 2.24 bits per heavy atom. The van der Waals surface area contributed by atoms with Gasteiger partial charge in [-0.1, -0.05) is 13.0 Å². The summed E-state index contributed by atoms with van der Waals surface area (Å²) in [5, 5.41) is 6.07. The fourth-order valence-corrected chi connectivity index (χ4v) is 1.61. The van der Waals surface area contributed by atoms with E-state index in [1.165, 1.54) is 0 Å². The van der Waals surface area contributed by atoms with Gasteiger partial charge in [0.25, 0.3) is 0 Å². The summed E-state index contributed by atoms with van der Waals surface area (Å²) < 4.78 is 0. The van der Waals surface area contributed by atoms with Crippen molar-refractivity contribution in [3.8, 4) is 0 Å². The van der Waals surface area contributed by atoms with E-state index in [0.29, 0.717) is 6.54 Å². The highest BCUT2D eigenvalue weighted by Gasteiger charge is 2.25. The zero-order chi connectivity index (χ0) is 12.7. The molecule has 1 heterocycles. The summed E-state index contributed by atoms with van der Waals surface area (Å²) in [5.74, 6) is 0.0308. The average Bonchev–Trinajstić information content (AvgIpc) is 2.30. The van der Waals surface area contributed by atoms with E-state index in [-0.39, 0.29) is 5.91 Å². The second kappa shape index (κ2) is 6.35. The molecule has 0 bridgehead atoms. The van der Waals surface area contributed by atoms with Crippen LogP contribution in [0.3, 0.4) is 0 Å². The maximum atomic E-state index is 11.9. The minimum absolute atomic E-state index is 0.0308. The standard InChI is InChI=1S/C13H21N3O/c1-4-16-13(2,3)12(17)15-9-7-11-6-5-8-14-10-11/h5-6,8,10,16H,4,7,9H2,1-3H3,(H,15,17). The Labute approximate surface area is 103 Å². The molecule has 0 fully saturated rings. The molecule has 1 rings (SSSR count). The molecule has 1 amide bonds. The van der Waals surface area contributed by atoms with Gasteiger partial charge in [0.2, 0.25) is 5.91 Å². The number of amides is 1. The summed E-state index contributed by atoms with van der Waals surface area (Å²) in [6.45, 7) is 7.18. The van der Waals surface area contributed by atoms with E-state index in [1.807, 2.05) is 39.1 Å². The van der Waals surface area contributed by atoms with Crippen LogP contribution >= 0.6 is 0 Å². The van der Waals surface area contributed by atoms with Crippen LogP contribution in [0, 0.1) is 0 Å². The van der Waals surface area contributed by atoms with Gasteiger partial charge >= 0.3 is 0 Å². The van der Waals surface area contributed by atoms with Gasteiger partial charge in [-0.3, -0.25) is 9.78 Å². The molecule has 2 N–H and O–H groups in total. The van der Waals surface area contributed by atoms with E-state index < -0.39 is 5.54 Å².